The van der Waals surface area contributed by atoms with Crippen molar-refractivity contribution in [3.05, 3.63) is 42.4 Å². The van der Waals surface area contributed by atoms with Crippen LogP contribution in [0.25, 0.3) is 0 Å². The Morgan fingerprint density at radius 2 is 1.85 bits per heavy atom. The summed E-state index contributed by atoms with van der Waals surface area (Å²) < 4.78 is 27.9. The highest BCUT2D eigenvalue weighted by Crippen LogP contribution is 2.21. The summed E-state index contributed by atoms with van der Waals surface area (Å²) in [5.41, 5.74) is -0.241. The lowest BCUT2D eigenvalue weighted by molar-refractivity contribution is 0.0689. The Bertz CT molecular complexity index is 741. The molecule has 2 rings (SSSR count). The number of hydrogen-bond donors (Lipinski definition) is 1. The molecule has 20 heavy (non-hydrogen) atoms. The molecule has 0 saturated carbocycles. The van der Waals surface area contributed by atoms with E-state index in [4.69, 9.17) is 9.84 Å². The van der Waals surface area contributed by atoms with Gasteiger partial charge in [-0.2, -0.15) is 0 Å². The number of carboxylic acids is 1. The number of nitrogens with zero attached hydrogens (tertiary/aromatic N) is 2. The van der Waals surface area contributed by atoms with Crippen LogP contribution < -0.4 is 4.74 Å². The molecule has 2 aromatic rings. The molecule has 0 atom stereocenters. The van der Waals surface area contributed by atoms with Crippen LogP contribution in [-0.2, 0) is 9.84 Å². The smallest absolute Gasteiger partial charge is 0.356 e. The van der Waals surface area contributed by atoms with Gasteiger partial charge in [0.15, 0.2) is 15.5 Å². The maximum Gasteiger partial charge on any atom is 0.356 e. The van der Waals surface area contributed by atoms with E-state index in [1.165, 1.54) is 30.5 Å². The average Bonchev–Trinajstić information content (AvgIpc) is 2.38. The predicted molar refractivity (Wildman–Crippen MR) is 68.6 cm³/mol. The Kier molecular flexibility index (Phi) is 3.66. The first-order valence-electron chi connectivity index (χ1n) is 5.39. The summed E-state index contributed by atoms with van der Waals surface area (Å²) >= 11 is 0. The minimum Gasteiger partial charge on any atom is -0.476 e. The first-order valence-corrected chi connectivity index (χ1v) is 7.29. The van der Waals surface area contributed by atoms with Gasteiger partial charge < -0.3 is 9.84 Å². The van der Waals surface area contributed by atoms with Gasteiger partial charge in [-0.05, 0) is 24.3 Å². The largest absolute Gasteiger partial charge is 0.476 e. The fraction of sp³-hybridized carbons (Fsp3) is 0.0833. The fourth-order valence-electron chi connectivity index (χ4n) is 1.38. The monoisotopic (exact) mass is 294 g/mol. The van der Waals surface area contributed by atoms with Crippen LogP contribution in [0, 0.1) is 0 Å². The van der Waals surface area contributed by atoms with Crippen LogP contribution in [0.5, 0.6) is 11.6 Å². The van der Waals surface area contributed by atoms with E-state index in [-0.39, 0.29) is 16.5 Å². The molecule has 0 aliphatic carbocycles. The number of aromatic nitrogens is 2. The molecule has 0 bridgehead atoms. The van der Waals surface area contributed by atoms with Crippen molar-refractivity contribution in [3.63, 3.8) is 0 Å². The number of carbonyl (C=O) groups is 1. The van der Waals surface area contributed by atoms with Crippen LogP contribution in [0.1, 0.15) is 10.5 Å². The summed E-state index contributed by atoms with van der Waals surface area (Å²) in [6, 6.07) is 5.68. The Balaban J connectivity index is 2.22. The number of benzene rings is 1. The maximum absolute atomic E-state index is 11.3. The van der Waals surface area contributed by atoms with E-state index in [0.29, 0.717) is 5.75 Å². The third kappa shape index (κ3) is 3.29. The minimum absolute atomic E-state index is 0.0111. The highest BCUT2D eigenvalue weighted by molar-refractivity contribution is 7.90. The number of carboxylic acid groups (broad SMARTS) is 1. The lowest BCUT2D eigenvalue weighted by Gasteiger charge is -2.05. The highest BCUT2D eigenvalue weighted by atomic mass is 32.2. The maximum atomic E-state index is 11.3. The van der Waals surface area contributed by atoms with Gasteiger partial charge in [0.05, 0.1) is 17.3 Å². The van der Waals surface area contributed by atoms with Crippen molar-refractivity contribution in [2.45, 2.75) is 4.90 Å². The summed E-state index contributed by atoms with van der Waals surface area (Å²) in [5.74, 6) is -0.874. The molecular weight excluding hydrogens is 284 g/mol. The molecular formula is C12H10N2O5S. The molecule has 0 spiro atoms. The average molecular weight is 294 g/mol. The topological polar surface area (TPSA) is 106 Å². The molecule has 8 heteroatoms. The number of hydrogen-bond acceptors (Lipinski definition) is 6. The van der Waals surface area contributed by atoms with E-state index in [1.54, 1.807) is 0 Å². The second kappa shape index (κ2) is 5.25. The molecule has 1 aromatic carbocycles. The summed E-state index contributed by atoms with van der Waals surface area (Å²) in [6.45, 7) is 0. The molecule has 0 aliphatic rings. The summed E-state index contributed by atoms with van der Waals surface area (Å²) in [7, 11) is -3.27. The Morgan fingerprint density at radius 1 is 1.20 bits per heavy atom. The van der Waals surface area contributed by atoms with E-state index < -0.39 is 15.8 Å². The van der Waals surface area contributed by atoms with Crippen molar-refractivity contribution in [2.75, 3.05) is 6.26 Å². The Labute approximate surface area is 114 Å². The standard InChI is InChI=1S/C12H10N2O5S/c1-20(17,18)9-4-2-8(3-5-9)19-11-7-13-6-10(14-11)12(15)16/h2-7H,1H3,(H,15,16). The molecule has 0 amide bonds. The highest BCUT2D eigenvalue weighted by Gasteiger charge is 2.09. The molecule has 0 aliphatic heterocycles. The summed E-state index contributed by atoms with van der Waals surface area (Å²) in [4.78, 5) is 18.3. The third-order valence-corrected chi connectivity index (χ3v) is 3.43. The summed E-state index contributed by atoms with van der Waals surface area (Å²) in [5, 5.41) is 8.78. The number of sulfone groups is 1. The van der Waals surface area contributed by atoms with Gasteiger partial charge in [-0.15, -0.1) is 0 Å². The first kappa shape index (κ1) is 13.9. The van der Waals surface area contributed by atoms with Crippen molar-refractivity contribution in [1.82, 2.24) is 9.97 Å². The molecule has 7 nitrogen and oxygen atoms in total. The zero-order valence-corrected chi connectivity index (χ0v) is 11.2. The second-order valence-corrected chi connectivity index (χ2v) is 5.91. The van der Waals surface area contributed by atoms with Crippen LogP contribution in [0.4, 0.5) is 0 Å². The summed E-state index contributed by atoms with van der Waals surface area (Å²) in [6.07, 6.45) is 3.46. The predicted octanol–water partition coefficient (Wildman–Crippen LogP) is 1.37. The van der Waals surface area contributed by atoms with Crippen LogP contribution in [-0.4, -0.2) is 35.7 Å². The normalized spacial score (nSPS) is 11.1. The zero-order chi connectivity index (χ0) is 14.8. The van der Waals surface area contributed by atoms with Gasteiger partial charge in [0, 0.05) is 6.26 Å². The van der Waals surface area contributed by atoms with E-state index in [1.807, 2.05) is 0 Å². The lowest BCUT2D eigenvalue weighted by atomic mass is 10.3. The van der Waals surface area contributed by atoms with Gasteiger partial charge in [-0.1, -0.05) is 0 Å². The number of rotatable bonds is 4. The molecule has 104 valence electrons. The first-order chi connectivity index (χ1) is 9.36. The number of aromatic carboxylic acids is 1. The van der Waals surface area contributed by atoms with Gasteiger partial charge >= 0.3 is 5.97 Å². The minimum atomic E-state index is -3.27. The van der Waals surface area contributed by atoms with Crippen molar-refractivity contribution in [3.8, 4) is 11.6 Å². The molecule has 1 aromatic heterocycles. The van der Waals surface area contributed by atoms with Crippen molar-refractivity contribution in [2.24, 2.45) is 0 Å². The zero-order valence-electron chi connectivity index (χ0n) is 10.3. The van der Waals surface area contributed by atoms with E-state index >= 15 is 0 Å². The SMILES string of the molecule is CS(=O)(=O)c1ccc(Oc2cncc(C(=O)O)n2)cc1. The quantitative estimate of drug-likeness (QED) is 0.907. The van der Waals surface area contributed by atoms with E-state index in [0.717, 1.165) is 12.5 Å². The lowest BCUT2D eigenvalue weighted by Crippen LogP contribution is -2.02. The molecule has 1 heterocycles. The van der Waals surface area contributed by atoms with Gasteiger partial charge in [-0.3, -0.25) is 4.98 Å². The number of ether oxygens (including phenoxy) is 1. The molecule has 0 fully saturated rings. The molecule has 1 N–H and O–H groups in total. The van der Waals surface area contributed by atoms with E-state index in [9.17, 15) is 13.2 Å². The van der Waals surface area contributed by atoms with Crippen molar-refractivity contribution in [1.29, 1.82) is 0 Å². The van der Waals surface area contributed by atoms with Crippen LogP contribution in [0.2, 0.25) is 0 Å². The van der Waals surface area contributed by atoms with Crippen LogP contribution in [0.15, 0.2) is 41.6 Å². The fourth-order valence-corrected chi connectivity index (χ4v) is 2.01. The van der Waals surface area contributed by atoms with Crippen molar-refractivity contribution < 1.29 is 23.1 Å². The molecule has 0 radical (unpaired) electrons. The van der Waals surface area contributed by atoms with Crippen LogP contribution >= 0.6 is 0 Å². The third-order valence-electron chi connectivity index (χ3n) is 2.31. The molecule has 0 unspecified atom stereocenters. The Hall–Kier alpha value is -2.48. The van der Waals surface area contributed by atoms with E-state index in [2.05, 4.69) is 9.97 Å². The van der Waals surface area contributed by atoms with Gasteiger partial charge in [0.2, 0.25) is 5.88 Å². The second-order valence-electron chi connectivity index (χ2n) is 3.89. The molecule has 0 saturated heterocycles. The van der Waals surface area contributed by atoms with Crippen molar-refractivity contribution >= 4 is 15.8 Å². The Morgan fingerprint density at radius 3 is 2.40 bits per heavy atom. The van der Waals surface area contributed by atoms with Gasteiger partial charge in [0.1, 0.15) is 5.75 Å². The van der Waals surface area contributed by atoms with Gasteiger partial charge in [0.25, 0.3) is 0 Å². The van der Waals surface area contributed by atoms with Crippen LogP contribution in [0.3, 0.4) is 0 Å². The van der Waals surface area contributed by atoms with Gasteiger partial charge in [-0.25, -0.2) is 18.2 Å².